The Bertz CT molecular complexity index is 215. The molecule has 0 aromatic carbocycles. The second-order valence-electron chi connectivity index (χ2n) is 3.53. The molecular formula is C9H11F5O. The summed E-state index contributed by atoms with van der Waals surface area (Å²) in [6, 6.07) is 0. The van der Waals surface area contributed by atoms with Crippen molar-refractivity contribution in [1.82, 2.24) is 0 Å². The quantitative estimate of drug-likeness (QED) is 0.523. The smallest absolute Gasteiger partial charge is 0.282 e. The van der Waals surface area contributed by atoms with E-state index in [1.807, 2.05) is 0 Å². The maximum atomic E-state index is 13.2. The summed E-state index contributed by atoms with van der Waals surface area (Å²) in [5, 5.41) is 0. The molecule has 0 aromatic rings. The minimum atomic E-state index is -5.00. The molecule has 0 heterocycles. The molecule has 0 bridgehead atoms. The summed E-state index contributed by atoms with van der Waals surface area (Å²) in [6.07, 6.45) is -9.93. The van der Waals surface area contributed by atoms with Gasteiger partial charge in [-0.15, -0.1) is 19.8 Å². The fourth-order valence-corrected chi connectivity index (χ4v) is 1.66. The number of hydrogen-bond acceptors (Lipinski definition) is 1. The Labute approximate surface area is 83.9 Å². The van der Waals surface area contributed by atoms with Gasteiger partial charge in [0.2, 0.25) is 0 Å². The zero-order valence-corrected chi connectivity index (χ0v) is 7.81. The van der Waals surface area contributed by atoms with Gasteiger partial charge in [-0.1, -0.05) is 6.08 Å². The Hall–Kier alpha value is -0.650. The van der Waals surface area contributed by atoms with Crippen molar-refractivity contribution in [1.29, 1.82) is 0 Å². The van der Waals surface area contributed by atoms with Crippen LogP contribution < -0.4 is 0 Å². The standard InChI is InChI=1S/C9H11F5O/c1-2-5-3-6(10)8(7(11)4-5)15-9(12,13)14/h2,5-8H,1,3-4H2. The number of rotatable bonds is 2. The monoisotopic (exact) mass is 230 g/mol. The van der Waals surface area contributed by atoms with E-state index in [1.54, 1.807) is 0 Å². The van der Waals surface area contributed by atoms with Crippen molar-refractivity contribution >= 4 is 0 Å². The van der Waals surface area contributed by atoms with Crippen LogP contribution in [-0.2, 0) is 4.74 Å². The van der Waals surface area contributed by atoms with Gasteiger partial charge in [0.05, 0.1) is 0 Å². The Balaban J connectivity index is 2.62. The van der Waals surface area contributed by atoms with Gasteiger partial charge >= 0.3 is 6.36 Å². The first-order chi connectivity index (χ1) is 6.83. The minimum absolute atomic E-state index is 0.176. The molecule has 1 aliphatic carbocycles. The van der Waals surface area contributed by atoms with Crippen LogP contribution in [-0.4, -0.2) is 24.8 Å². The molecular weight excluding hydrogens is 219 g/mol. The van der Waals surface area contributed by atoms with E-state index in [0.717, 1.165) is 0 Å². The maximum Gasteiger partial charge on any atom is 0.522 e. The van der Waals surface area contributed by atoms with E-state index < -0.39 is 30.7 Å². The van der Waals surface area contributed by atoms with E-state index in [4.69, 9.17) is 0 Å². The van der Waals surface area contributed by atoms with Crippen molar-refractivity contribution in [3.63, 3.8) is 0 Å². The molecule has 2 unspecified atom stereocenters. The maximum absolute atomic E-state index is 13.2. The van der Waals surface area contributed by atoms with Gasteiger partial charge in [0, 0.05) is 0 Å². The summed E-state index contributed by atoms with van der Waals surface area (Å²) in [5.41, 5.74) is 0. The lowest BCUT2D eigenvalue weighted by atomic mass is 9.85. The molecule has 1 nitrogen and oxygen atoms in total. The Morgan fingerprint density at radius 3 is 1.93 bits per heavy atom. The van der Waals surface area contributed by atoms with Crippen LogP contribution >= 0.6 is 0 Å². The average Bonchev–Trinajstić information content (AvgIpc) is 2.09. The molecule has 0 saturated heterocycles. The first-order valence-electron chi connectivity index (χ1n) is 4.48. The highest BCUT2D eigenvalue weighted by atomic mass is 19.4. The third kappa shape index (κ3) is 3.44. The highest BCUT2D eigenvalue weighted by Crippen LogP contribution is 2.34. The van der Waals surface area contributed by atoms with E-state index in [9.17, 15) is 22.0 Å². The van der Waals surface area contributed by atoms with Crippen LogP contribution in [0.4, 0.5) is 22.0 Å². The molecule has 0 N–H and O–H groups in total. The second kappa shape index (κ2) is 4.47. The highest BCUT2D eigenvalue weighted by Gasteiger charge is 2.45. The van der Waals surface area contributed by atoms with Crippen LogP contribution in [0.25, 0.3) is 0 Å². The van der Waals surface area contributed by atoms with Gasteiger partial charge in [0.15, 0.2) is 0 Å². The summed E-state index contributed by atoms with van der Waals surface area (Å²) in [7, 11) is 0. The molecule has 15 heavy (non-hydrogen) atoms. The van der Waals surface area contributed by atoms with Crippen molar-refractivity contribution in [2.75, 3.05) is 0 Å². The third-order valence-corrected chi connectivity index (χ3v) is 2.37. The fourth-order valence-electron chi connectivity index (χ4n) is 1.66. The number of alkyl halides is 5. The number of hydrogen-bond donors (Lipinski definition) is 0. The van der Waals surface area contributed by atoms with E-state index in [0.29, 0.717) is 0 Å². The van der Waals surface area contributed by atoms with Gasteiger partial charge in [-0.25, -0.2) is 8.78 Å². The zero-order valence-electron chi connectivity index (χ0n) is 7.81. The average molecular weight is 230 g/mol. The van der Waals surface area contributed by atoms with Crippen LogP contribution in [0, 0.1) is 5.92 Å². The molecule has 1 aliphatic rings. The molecule has 0 aromatic heterocycles. The molecule has 1 saturated carbocycles. The summed E-state index contributed by atoms with van der Waals surface area (Å²) in [4.78, 5) is 0. The minimum Gasteiger partial charge on any atom is -0.282 e. The molecule has 2 atom stereocenters. The number of halogens is 5. The van der Waals surface area contributed by atoms with Gasteiger partial charge in [0.25, 0.3) is 0 Å². The number of ether oxygens (including phenoxy) is 1. The van der Waals surface area contributed by atoms with Gasteiger partial charge in [-0.2, -0.15) is 0 Å². The predicted octanol–water partition coefficient (Wildman–Crippen LogP) is 3.16. The Morgan fingerprint density at radius 2 is 1.60 bits per heavy atom. The van der Waals surface area contributed by atoms with Gasteiger partial charge in [0.1, 0.15) is 18.4 Å². The first-order valence-corrected chi connectivity index (χ1v) is 4.48. The van der Waals surface area contributed by atoms with Crippen LogP contribution in [0.5, 0.6) is 0 Å². The lowest BCUT2D eigenvalue weighted by Gasteiger charge is -2.33. The molecule has 0 amide bonds. The Morgan fingerprint density at radius 1 is 1.13 bits per heavy atom. The molecule has 1 fully saturated rings. The van der Waals surface area contributed by atoms with E-state index in [1.165, 1.54) is 6.08 Å². The number of allylic oxidation sites excluding steroid dienone is 1. The molecule has 6 heteroatoms. The zero-order chi connectivity index (χ0) is 11.6. The van der Waals surface area contributed by atoms with Crippen LogP contribution in [0.1, 0.15) is 12.8 Å². The summed E-state index contributed by atoms with van der Waals surface area (Å²) >= 11 is 0. The highest BCUT2D eigenvalue weighted by molar-refractivity contribution is 4.94. The largest absolute Gasteiger partial charge is 0.522 e. The fraction of sp³-hybridized carbons (Fsp3) is 0.778. The van der Waals surface area contributed by atoms with E-state index in [-0.39, 0.29) is 12.8 Å². The van der Waals surface area contributed by atoms with E-state index in [2.05, 4.69) is 11.3 Å². The summed E-state index contributed by atoms with van der Waals surface area (Å²) in [6.45, 7) is 3.36. The van der Waals surface area contributed by atoms with Crippen LogP contribution in [0.15, 0.2) is 12.7 Å². The Kier molecular flexibility index (Phi) is 3.70. The molecule has 88 valence electrons. The third-order valence-electron chi connectivity index (χ3n) is 2.37. The van der Waals surface area contributed by atoms with Crippen LogP contribution in [0.3, 0.4) is 0 Å². The first kappa shape index (κ1) is 12.4. The second-order valence-corrected chi connectivity index (χ2v) is 3.53. The lowest BCUT2D eigenvalue weighted by Crippen LogP contribution is -2.44. The SMILES string of the molecule is C=CC1CC(F)C(OC(F)(F)F)C(F)C1. The predicted molar refractivity (Wildman–Crippen MR) is 43.6 cm³/mol. The normalized spacial score (nSPS) is 37.7. The van der Waals surface area contributed by atoms with Gasteiger partial charge in [-0.05, 0) is 18.8 Å². The van der Waals surface area contributed by atoms with Crippen molar-refractivity contribution in [3.8, 4) is 0 Å². The van der Waals surface area contributed by atoms with Gasteiger partial charge < -0.3 is 0 Å². The molecule has 0 radical (unpaired) electrons. The molecule has 1 rings (SSSR count). The topological polar surface area (TPSA) is 9.23 Å². The van der Waals surface area contributed by atoms with Crippen molar-refractivity contribution in [2.45, 2.75) is 37.7 Å². The molecule has 0 spiro atoms. The van der Waals surface area contributed by atoms with Crippen molar-refractivity contribution < 1.29 is 26.7 Å². The van der Waals surface area contributed by atoms with Crippen molar-refractivity contribution in [2.24, 2.45) is 5.92 Å². The summed E-state index contributed by atoms with van der Waals surface area (Å²) < 4.78 is 65.1. The van der Waals surface area contributed by atoms with Crippen LogP contribution in [0.2, 0.25) is 0 Å². The van der Waals surface area contributed by atoms with E-state index >= 15 is 0 Å². The van der Waals surface area contributed by atoms with Gasteiger partial charge in [-0.3, -0.25) is 4.74 Å². The lowest BCUT2D eigenvalue weighted by molar-refractivity contribution is -0.357. The molecule has 0 aliphatic heterocycles. The van der Waals surface area contributed by atoms with Crippen molar-refractivity contribution in [3.05, 3.63) is 12.7 Å². The summed E-state index contributed by atoms with van der Waals surface area (Å²) in [5.74, 6) is -0.428.